The summed E-state index contributed by atoms with van der Waals surface area (Å²) in [7, 11) is 5.21. The Kier molecular flexibility index (Phi) is 5.80. The molecule has 1 aromatic heterocycles. The lowest BCUT2D eigenvalue weighted by molar-refractivity contribution is 0.127. The van der Waals surface area contributed by atoms with Gasteiger partial charge >= 0.3 is 6.03 Å². The number of fused-ring (bicyclic) bond motifs is 1. The van der Waals surface area contributed by atoms with E-state index in [0.717, 1.165) is 16.6 Å². The van der Waals surface area contributed by atoms with E-state index in [1.54, 1.807) is 19.1 Å². The van der Waals surface area contributed by atoms with Crippen LogP contribution in [0.4, 0.5) is 10.5 Å². The Balaban J connectivity index is 2.13. The van der Waals surface area contributed by atoms with Crippen LogP contribution in [0.2, 0.25) is 0 Å². The summed E-state index contributed by atoms with van der Waals surface area (Å²) in [6.45, 7) is 2.03. The van der Waals surface area contributed by atoms with Gasteiger partial charge in [-0.15, -0.1) is 0 Å². The molecule has 0 saturated heterocycles. The van der Waals surface area contributed by atoms with Gasteiger partial charge in [0.05, 0.1) is 18.9 Å². The second-order valence-corrected chi connectivity index (χ2v) is 5.07. The van der Waals surface area contributed by atoms with Gasteiger partial charge in [-0.05, 0) is 6.07 Å². The van der Waals surface area contributed by atoms with Crippen LogP contribution in [0.5, 0.6) is 0 Å². The third kappa shape index (κ3) is 3.78. The Hall–Kier alpha value is -2.05. The first-order chi connectivity index (χ1) is 10.7. The number of aryl methyl sites for hydroxylation is 1. The van der Waals surface area contributed by atoms with Crippen molar-refractivity contribution in [3.05, 3.63) is 30.5 Å². The van der Waals surface area contributed by atoms with Gasteiger partial charge in [-0.2, -0.15) is 0 Å². The Labute approximate surface area is 130 Å². The molecule has 2 amide bonds. The molecular weight excluding hydrogens is 282 g/mol. The number of rotatable bonds is 7. The fourth-order valence-electron chi connectivity index (χ4n) is 2.35. The maximum absolute atomic E-state index is 12.5. The molecule has 0 unspecified atom stereocenters. The highest BCUT2D eigenvalue weighted by atomic mass is 16.5. The zero-order valence-corrected chi connectivity index (χ0v) is 13.3. The Morgan fingerprint density at radius 1 is 1.18 bits per heavy atom. The molecule has 22 heavy (non-hydrogen) atoms. The van der Waals surface area contributed by atoms with Gasteiger partial charge in [0.2, 0.25) is 0 Å². The molecule has 1 heterocycles. The number of hydrogen-bond donors (Lipinski definition) is 1. The highest BCUT2D eigenvalue weighted by molar-refractivity contribution is 6.01. The van der Waals surface area contributed by atoms with E-state index < -0.39 is 0 Å². The molecule has 1 N–H and O–H groups in total. The third-order valence-corrected chi connectivity index (χ3v) is 3.56. The fraction of sp³-hybridized carbons (Fsp3) is 0.438. The van der Waals surface area contributed by atoms with Gasteiger partial charge in [0.15, 0.2) is 0 Å². The highest BCUT2D eigenvalue weighted by Crippen LogP contribution is 2.25. The lowest BCUT2D eigenvalue weighted by atomic mass is 10.2. The summed E-state index contributed by atoms with van der Waals surface area (Å²) in [5.74, 6) is 0. The molecule has 0 aliphatic carbocycles. The summed E-state index contributed by atoms with van der Waals surface area (Å²) in [5, 5.41) is 4.00. The number of amides is 2. The summed E-state index contributed by atoms with van der Waals surface area (Å²) in [4.78, 5) is 14.2. The summed E-state index contributed by atoms with van der Waals surface area (Å²) >= 11 is 0. The van der Waals surface area contributed by atoms with Crippen molar-refractivity contribution in [2.24, 2.45) is 7.05 Å². The number of methoxy groups -OCH3 is 2. The number of anilines is 1. The highest BCUT2D eigenvalue weighted by Gasteiger charge is 2.15. The summed E-state index contributed by atoms with van der Waals surface area (Å²) in [5.41, 5.74) is 1.89. The largest absolute Gasteiger partial charge is 0.383 e. The maximum atomic E-state index is 12.5. The second kappa shape index (κ2) is 7.82. The van der Waals surface area contributed by atoms with Crippen LogP contribution in [-0.2, 0) is 16.5 Å². The molecule has 0 aliphatic heterocycles. The fourth-order valence-corrected chi connectivity index (χ4v) is 2.35. The molecule has 6 nitrogen and oxygen atoms in total. The first-order valence-corrected chi connectivity index (χ1v) is 7.25. The zero-order chi connectivity index (χ0) is 15.9. The molecule has 0 atom stereocenters. The lowest BCUT2D eigenvalue weighted by Crippen LogP contribution is -2.39. The average molecular weight is 305 g/mol. The Morgan fingerprint density at radius 2 is 1.82 bits per heavy atom. The van der Waals surface area contributed by atoms with Crippen molar-refractivity contribution in [1.82, 2.24) is 9.47 Å². The van der Waals surface area contributed by atoms with Crippen LogP contribution in [0.3, 0.4) is 0 Å². The van der Waals surface area contributed by atoms with E-state index in [4.69, 9.17) is 9.47 Å². The molecule has 0 fully saturated rings. The van der Waals surface area contributed by atoms with E-state index in [2.05, 4.69) is 5.32 Å². The van der Waals surface area contributed by atoms with Crippen molar-refractivity contribution in [2.45, 2.75) is 0 Å². The van der Waals surface area contributed by atoms with Crippen LogP contribution in [0.15, 0.2) is 30.5 Å². The first-order valence-electron chi connectivity index (χ1n) is 7.25. The number of carbonyl (C=O) groups is 1. The van der Waals surface area contributed by atoms with Gasteiger partial charge < -0.3 is 24.3 Å². The van der Waals surface area contributed by atoms with Crippen molar-refractivity contribution in [3.8, 4) is 0 Å². The molecule has 2 rings (SSSR count). The van der Waals surface area contributed by atoms with E-state index in [9.17, 15) is 4.79 Å². The summed E-state index contributed by atoms with van der Waals surface area (Å²) < 4.78 is 12.1. The molecule has 6 heteroatoms. The van der Waals surface area contributed by atoms with Gasteiger partial charge in [0.25, 0.3) is 0 Å². The van der Waals surface area contributed by atoms with Crippen molar-refractivity contribution < 1.29 is 14.3 Å². The van der Waals surface area contributed by atoms with Gasteiger partial charge in [-0.1, -0.05) is 18.2 Å². The minimum Gasteiger partial charge on any atom is -0.383 e. The smallest absolute Gasteiger partial charge is 0.322 e. The number of nitrogens with one attached hydrogen (secondary N) is 1. The molecule has 120 valence electrons. The monoisotopic (exact) mass is 305 g/mol. The lowest BCUT2D eigenvalue weighted by Gasteiger charge is -2.22. The molecule has 0 radical (unpaired) electrons. The first kappa shape index (κ1) is 16.3. The van der Waals surface area contributed by atoms with Gasteiger partial charge in [0.1, 0.15) is 0 Å². The van der Waals surface area contributed by atoms with E-state index in [-0.39, 0.29) is 6.03 Å². The van der Waals surface area contributed by atoms with Crippen LogP contribution in [-0.4, -0.2) is 56.0 Å². The van der Waals surface area contributed by atoms with Crippen molar-refractivity contribution in [1.29, 1.82) is 0 Å². The van der Waals surface area contributed by atoms with Crippen molar-refractivity contribution >= 4 is 22.6 Å². The summed E-state index contributed by atoms with van der Waals surface area (Å²) in [6.07, 6.45) is 1.92. The number of aromatic nitrogens is 1. The minimum absolute atomic E-state index is 0.148. The normalized spacial score (nSPS) is 10.9. The van der Waals surface area contributed by atoms with Crippen LogP contribution < -0.4 is 5.32 Å². The average Bonchev–Trinajstić information content (AvgIpc) is 2.84. The van der Waals surface area contributed by atoms with Crippen molar-refractivity contribution in [2.75, 3.05) is 45.8 Å². The predicted molar refractivity (Wildman–Crippen MR) is 87.3 cm³/mol. The van der Waals surface area contributed by atoms with Crippen LogP contribution >= 0.6 is 0 Å². The van der Waals surface area contributed by atoms with Crippen LogP contribution in [0, 0.1) is 0 Å². The molecule has 0 saturated carbocycles. The minimum atomic E-state index is -0.148. The number of carbonyl (C=O) groups excluding carboxylic acids is 1. The van der Waals surface area contributed by atoms with Gasteiger partial charge in [-0.3, -0.25) is 0 Å². The molecule has 0 bridgehead atoms. The standard InChI is InChI=1S/C16H23N3O3/c1-18-12-14(13-6-4-5-7-15(13)18)17-16(20)19(8-10-21-2)9-11-22-3/h4-7,12H,8-11H2,1-3H3,(H,17,20). The predicted octanol–water partition coefficient (Wildman–Crippen LogP) is 2.30. The van der Waals surface area contributed by atoms with E-state index in [0.29, 0.717) is 26.3 Å². The van der Waals surface area contributed by atoms with E-state index in [1.807, 2.05) is 42.1 Å². The number of urea groups is 1. The number of nitrogens with zero attached hydrogens (tertiary/aromatic N) is 2. The van der Waals surface area contributed by atoms with Crippen molar-refractivity contribution in [3.63, 3.8) is 0 Å². The molecule has 1 aromatic carbocycles. The van der Waals surface area contributed by atoms with Crippen LogP contribution in [0.1, 0.15) is 0 Å². The SMILES string of the molecule is COCCN(CCOC)C(=O)Nc1cn(C)c2ccccc12. The Morgan fingerprint density at radius 3 is 2.45 bits per heavy atom. The topological polar surface area (TPSA) is 55.7 Å². The van der Waals surface area contributed by atoms with Gasteiger partial charge in [-0.25, -0.2) is 4.79 Å². The number of benzene rings is 1. The molecular formula is C16H23N3O3. The van der Waals surface area contributed by atoms with E-state index >= 15 is 0 Å². The zero-order valence-electron chi connectivity index (χ0n) is 13.3. The third-order valence-electron chi connectivity index (χ3n) is 3.56. The molecule has 2 aromatic rings. The molecule has 0 aliphatic rings. The number of para-hydroxylation sites is 1. The Bertz CT molecular complexity index is 616. The number of hydrogen-bond acceptors (Lipinski definition) is 3. The quantitative estimate of drug-likeness (QED) is 0.854. The van der Waals surface area contributed by atoms with Crippen LogP contribution in [0.25, 0.3) is 10.9 Å². The number of ether oxygens (including phenoxy) is 2. The van der Waals surface area contributed by atoms with E-state index in [1.165, 1.54) is 0 Å². The summed E-state index contributed by atoms with van der Waals surface area (Å²) in [6, 6.07) is 7.83. The molecule has 0 spiro atoms. The second-order valence-electron chi connectivity index (χ2n) is 5.07. The van der Waals surface area contributed by atoms with Gasteiger partial charge in [0, 0.05) is 51.5 Å². The maximum Gasteiger partial charge on any atom is 0.322 e.